The van der Waals surface area contributed by atoms with Crippen molar-refractivity contribution in [1.82, 2.24) is 9.80 Å². The second-order valence-corrected chi connectivity index (χ2v) is 7.33. The Morgan fingerprint density at radius 3 is 2.61 bits per heavy atom. The fraction of sp³-hybridized carbons (Fsp3) is 0.556. The molecule has 23 heavy (non-hydrogen) atoms. The van der Waals surface area contributed by atoms with E-state index < -0.39 is 0 Å². The lowest BCUT2D eigenvalue weighted by Gasteiger charge is -2.35. The highest BCUT2D eigenvalue weighted by atomic mass is 32.2. The van der Waals surface area contributed by atoms with Crippen molar-refractivity contribution in [1.29, 1.82) is 0 Å². The molecule has 0 radical (unpaired) electrons. The standard InChI is InChI=1S/C18H24N2O2S/c1-2-4-17(21)19-8-10-20(11-9-19)18(22)15-6-7-16-14(13-15)5-3-12-23-16/h6-7,13H,2-5,8-12H2,1H3. The number of rotatable bonds is 3. The predicted octanol–water partition coefficient (Wildman–Crippen LogP) is 2.81. The van der Waals surface area contributed by atoms with Crippen molar-refractivity contribution in [2.45, 2.75) is 37.5 Å². The SMILES string of the molecule is CCCC(=O)N1CCN(C(=O)c2ccc3c(c2)CCCS3)CC1. The molecule has 0 unspecified atom stereocenters. The summed E-state index contributed by atoms with van der Waals surface area (Å²) in [7, 11) is 0. The lowest BCUT2D eigenvalue weighted by atomic mass is 10.0. The van der Waals surface area contributed by atoms with E-state index in [4.69, 9.17) is 0 Å². The highest BCUT2D eigenvalue weighted by Gasteiger charge is 2.25. The molecule has 0 aliphatic carbocycles. The molecule has 0 bridgehead atoms. The molecule has 0 saturated carbocycles. The number of amides is 2. The van der Waals surface area contributed by atoms with E-state index in [1.807, 2.05) is 34.6 Å². The molecule has 124 valence electrons. The normalized spacial score (nSPS) is 17.8. The van der Waals surface area contributed by atoms with E-state index in [1.165, 1.54) is 22.6 Å². The molecule has 0 spiro atoms. The molecule has 1 aromatic rings. The molecule has 0 aromatic heterocycles. The zero-order chi connectivity index (χ0) is 16.2. The summed E-state index contributed by atoms with van der Waals surface area (Å²) < 4.78 is 0. The van der Waals surface area contributed by atoms with Gasteiger partial charge in [0.15, 0.2) is 0 Å². The van der Waals surface area contributed by atoms with E-state index in [2.05, 4.69) is 12.1 Å². The van der Waals surface area contributed by atoms with E-state index in [0.717, 1.165) is 18.4 Å². The van der Waals surface area contributed by atoms with Gasteiger partial charge in [-0.1, -0.05) is 6.92 Å². The molecule has 0 N–H and O–H groups in total. The van der Waals surface area contributed by atoms with Crippen LogP contribution in [0.4, 0.5) is 0 Å². The molecular weight excluding hydrogens is 308 g/mol. The van der Waals surface area contributed by atoms with Gasteiger partial charge in [-0.2, -0.15) is 0 Å². The average molecular weight is 332 g/mol. The Balaban J connectivity index is 1.62. The fourth-order valence-corrected chi connectivity index (χ4v) is 4.23. The molecule has 2 aliphatic heterocycles. The Morgan fingerprint density at radius 2 is 1.87 bits per heavy atom. The second-order valence-electron chi connectivity index (χ2n) is 6.20. The molecule has 1 saturated heterocycles. The maximum atomic E-state index is 12.7. The van der Waals surface area contributed by atoms with Crippen LogP contribution in [0.5, 0.6) is 0 Å². The van der Waals surface area contributed by atoms with Gasteiger partial charge in [-0.15, -0.1) is 11.8 Å². The van der Waals surface area contributed by atoms with Gasteiger partial charge in [0.25, 0.3) is 5.91 Å². The van der Waals surface area contributed by atoms with E-state index in [1.54, 1.807) is 0 Å². The van der Waals surface area contributed by atoms with Crippen LogP contribution in [-0.4, -0.2) is 53.5 Å². The number of piperazine rings is 1. The summed E-state index contributed by atoms with van der Waals surface area (Å²) in [6.45, 7) is 4.61. The molecule has 4 nitrogen and oxygen atoms in total. The first-order valence-electron chi connectivity index (χ1n) is 8.52. The van der Waals surface area contributed by atoms with Crippen LogP contribution in [0.25, 0.3) is 0 Å². The fourth-order valence-electron chi connectivity index (χ4n) is 3.21. The van der Waals surface area contributed by atoms with Crippen molar-refractivity contribution in [2.75, 3.05) is 31.9 Å². The van der Waals surface area contributed by atoms with Crippen molar-refractivity contribution in [2.24, 2.45) is 0 Å². The molecule has 1 aromatic carbocycles. The van der Waals surface area contributed by atoms with E-state index in [-0.39, 0.29) is 11.8 Å². The topological polar surface area (TPSA) is 40.6 Å². The Labute approximate surface area is 142 Å². The summed E-state index contributed by atoms with van der Waals surface area (Å²) >= 11 is 1.88. The number of carbonyl (C=O) groups excluding carboxylic acids is 2. The minimum atomic E-state index is 0.103. The van der Waals surface area contributed by atoms with Crippen LogP contribution < -0.4 is 0 Å². The molecule has 3 rings (SSSR count). The number of nitrogens with zero attached hydrogens (tertiary/aromatic N) is 2. The number of fused-ring (bicyclic) bond motifs is 1. The summed E-state index contributed by atoms with van der Waals surface area (Å²) in [6, 6.07) is 6.11. The maximum Gasteiger partial charge on any atom is 0.253 e. The highest BCUT2D eigenvalue weighted by Crippen LogP contribution is 2.30. The molecular formula is C18H24N2O2S. The van der Waals surface area contributed by atoms with Gasteiger partial charge in [0.1, 0.15) is 0 Å². The number of aryl methyl sites for hydroxylation is 1. The van der Waals surface area contributed by atoms with Gasteiger partial charge in [-0.25, -0.2) is 0 Å². The van der Waals surface area contributed by atoms with Gasteiger partial charge < -0.3 is 9.80 Å². The third-order valence-corrected chi connectivity index (χ3v) is 5.74. The van der Waals surface area contributed by atoms with Crippen LogP contribution in [0, 0.1) is 0 Å². The number of hydrogen-bond acceptors (Lipinski definition) is 3. The summed E-state index contributed by atoms with van der Waals surface area (Å²) in [6.07, 6.45) is 3.75. The van der Waals surface area contributed by atoms with Gasteiger partial charge in [0.05, 0.1) is 0 Å². The average Bonchev–Trinajstić information content (AvgIpc) is 2.61. The largest absolute Gasteiger partial charge is 0.339 e. The molecule has 2 heterocycles. The summed E-state index contributed by atoms with van der Waals surface area (Å²) in [5, 5.41) is 0. The van der Waals surface area contributed by atoms with Gasteiger partial charge in [0.2, 0.25) is 5.91 Å². The monoisotopic (exact) mass is 332 g/mol. The van der Waals surface area contributed by atoms with Crippen molar-refractivity contribution < 1.29 is 9.59 Å². The van der Waals surface area contributed by atoms with Gasteiger partial charge in [0, 0.05) is 43.1 Å². The third-order valence-electron chi connectivity index (χ3n) is 4.54. The summed E-state index contributed by atoms with van der Waals surface area (Å²) in [5.41, 5.74) is 2.10. The lowest BCUT2D eigenvalue weighted by molar-refractivity contribution is -0.132. The van der Waals surface area contributed by atoms with Crippen molar-refractivity contribution in [3.05, 3.63) is 29.3 Å². The van der Waals surface area contributed by atoms with Crippen molar-refractivity contribution in [3.8, 4) is 0 Å². The van der Waals surface area contributed by atoms with Crippen LogP contribution in [0.1, 0.15) is 42.1 Å². The third kappa shape index (κ3) is 3.71. The van der Waals surface area contributed by atoms with Gasteiger partial charge >= 0.3 is 0 Å². The first-order valence-corrected chi connectivity index (χ1v) is 9.50. The van der Waals surface area contributed by atoms with E-state index in [0.29, 0.717) is 32.6 Å². The molecule has 2 amide bonds. The van der Waals surface area contributed by atoms with Gasteiger partial charge in [-0.3, -0.25) is 9.59 Å². The maximum absolute atomic E-state index is 12.7. The second kappa shape index (κ2) is 7.39. The number of thioether (sulfide) groups is 1. The molecule has 5 heteroatoms. The van der Waals surface area contributed by atoms with Crippen LogP contribution >= 0.6 is 11.8 Å². The summed E-state index contributed by atoms with van der Waals surface area (Å²) in [4.78, 5) is 29.7. The van der Waals surface area contributed by atoms with E-state index in [9.17, 15) is 9.59 Å². The number of hydrogen-bond donors (Lipinski definition) is 0. The van der Waals surface area contributed by atoms with Crippen LogP contribution in [-0.2, 0) is 11.2 Å². The smallest absolute Gasteiger partial charge is 0.253 e. The molecule has 1 fully saturated rings. The Hall–Kier alpha value is -1.49. The van der Waals surface area contributed by atoms with Crippen LogP contribution in [0.15, 0.2) is 23.1 Å². The lowest BCUT2D eigenvalue weighted by Crippen LogP contribution is -2.50. The first kappa shape index (κ1) is 16.4. The van der Waals surface area contributed by atoms with Crippen LogP contribution in [0.2, 0.25) is 0 Å². The Morgan fingerprint density at radius 1 is 1.13 bits per heavy atom. The molecule has 2 aliphatic rings. The zero-order valence-corrected chi connectivity index (χ0v) is 14.5. The number of carbonyl (C=O) groups is 2. The minimum Gasteiger partial charge on any atom is -0.339 e. The van der Waals surface area contributed by atoms with E-state index >= 15 is 0 Å². The Kier molecular flexibility index (Phi) is 5.26. The van der Waals surface area contributed by atoms with Crippen molar-refractivity contribution >= 4 is 23.6 Å². The highest BCUT2D eigenvalue weighted by molar-refractivity contribution is 7.99. The van der Waals surface area contributed by atoms with Gasteiger partial charge in [-0.05, 0) is 48.8 Å². The number of benzene rings is 1. The minimum absolute atomic E-state index is 0.103. The molecule has 0 atom stereocenters. The Bertz CT molecular complexity index is 595. The van der Waals surface area contributed by atoms with Crippen LogP contribution in [0.3, 0.4) is 0 Å². The summed E-state index contributed by atoms with van der Waals surface area (Å²) in [5.74, 6) is 1.49. The predicted molar refractivity (Wildman–Crippen MR) is 92.9 cm³/mol. The quantitative estimate of drug-likeness (QED) is 0.854. The zero-order valence-electron chi connectivity index (χ0n) is 13.7. The first-order chi connectivity index (χ1) is 11.2. The van der Waals surface area contributed by atoms with Crippen molar-refractivity contribution in [3.63, 3.8) is 0 Å².